The monoisotopic (exact) mass is 565 g/mol. The van der Waals surface area contributed by atoms with Crippen molar-refractivity contribution in [1.29, 1.82) is 0 Å². The van der Waals surface area contributed by atoms with Crippen molar-refractivity contribution in [2.24, 2.45) is 0 Å². The molecule has 0 aliphatic carbocycles. The number of amides is 1. The molecule has 0 aromatic heterocycles. The number of sulfonamides is 2. The van der Waals surface area contributed by atoms with Gasteiger partial charge in [-0.15, -0.1) is 4.83 Å². The first-order valence-corrected chi connectivity index (χ1v) is 12.7. The normalized spacial score (nSPS) is 14.3. The number of nitrogens with one attached hydrogen (secondary N) is 2. The molecule has 0 heterocycles. The van der Waals surface area contributed by atoms with Crippen molar-refractivity contribution in [3.8, 4) is 0 Å². The zero-order valence-corrected chi connectivity index (χ0v) is 19.6. The number of halogens is 7. The lowest BCUT2D eigenvalue weighted by molar-refractivity contribution is -0.346. The van der Waals surface area contributed by atoms with Gasteiger partial charge in [0.15, 0.2) is 5.37 Å². The standard InChI is InChI=1S/C19H18F7N3O5S2/c1-2-29(16(30)17(20,21)18(22,23)19(24,25)26)28-36(33,34)15(13-9-5-3-6-10-13)27-35(31,32)14-11-7-4-8-12-14/h3-12,15,27-28H,2H2,1H3. The summed E-state index contributed by atoms with van der Waals surface area (Å²) < 4.78 is 145. The molecule has 0 spiro atoms. The molecule has 0 radical (unpaired) electrons. The maximum Gasteiger partial charge on any atom is 0.460 e. The molecule has 0 aliphatic heterocycles. The van der Waals surface area contributed by atoms with E-state index in [4.69, 9.17) is 0 Å². The van der Waals surface area contributed by atoms with Crippen LogP contribution in [-0.2, 0) is 24.8 Å². The van der Waals surface area contributed by atoms with Crippen molar-refractivity contribution < 1.29 is 52.4 Å². The molecule has 8 nitrogen and oxygen atoms in total. The highest BCUT2D eigenvalue weighted by atomic mass is 32.2. The van der Waals surface area contributed by atoms with Crippen molar-refractivity contribution >= 4 is 26.0 Å². The Morgan fingerprint density at radius 2 is 1.33 bits per heavy atom. The van der Waals surface area contributed by atoms with Gasteiger partial charge in [-0.2, -0.15) is 35.5 Å². The van der Waals surface area contributed by atoms with E-state index in [1.54, 1.807) is 4.72 Å². The van der Waals surface area contributed by atoms with Crippen LogP contribution in [0.2, 0.25) is 0 Å². The van der Waals surface area contributed by atoms with Gasteiger partial charge in [0.05, 0.1) is 4.90 Å². The molecule has 0 aliphatic rings. The van der Waals surface area contributed by atoms with Crippen LogP contribution >= 0.6 is 0 Å². The Morgan fingerprint density at radius 1 is 0.861 bits per heavy atom. The number of carbonyl (C=O) groups excluding carboxylic acids is 1. The third-order valence-corrected chi connectivity index (χ3v) is 7.62. The van der Waals surface area contributed by atoms with Gasteiger partial charge >= 0.3 is 23.9 Å². The highest BCUT2D eigenvalue weighted by Crippen LogP contribution is 2.47. The van der Waals surface area contributed by atoms with E-state index in [9.17, 15) is 52.4 Å². The molecule has 1 amide bonds. The predicted octanol–water partition coefficient (Wildman–Crippen LogP) is 3.18. The van der Waals surface area contributed by atoms with Gasteiger partial charge in [0.25, 0.3) is 0 Å². The Labute approximate surface area is 201 Å². The van der Waals surface area contributed by atoms with Crippen LogP contribution < -0.4 is 9.55 Å². The van der Waals surface area contributed by atoms with Crippen LogP contribution in [-0.4, -0.2) is 52.3 Å². The zero-order chi connectivity index (χ0) is 27.6. The third-order valence-electron chi connectivity index (χ3n) is 4.55. The van der Waals surface area contributed by atoms with Gasteiger partial charge in [-0.05, 0) is 24.6 Å². The fraction of sp³-hybridized carbons (Fsp3) is 0.316. The zero-order valence-electron chi connectivity index (χ0n) is 18.0. The van der Waals surface area contributed by atoms with Gasteiger partial charge in [0, 0.05) is 6.54 Å². The topological polar surface area (TPSA) is 113 Å². The SMILES string of the molecule is CCN(NS(=O)(=O)C(NS(=O)(=O)c1ccccc1)c1ccccc1)C(=O)C(F)(F)C(F)(F)C(F)(F)F. The lowest BCUT2D eigenvalue weighted by Gasteiger charge is -2.32. The summed E-state index contributed by atoms with van der Waals surface area (Å²) in [6, 6.07) is 12.4. The molecule has 0 saturated carbocycles. The van der Waals surface area contributed by atoms with Crippen molar-refractivity contribution in [1.82, 2.24) is 14.6 Å². The Hall–Kier alpha value is -2.76. The van der Waals surface area contributed by atoms with Gasteiger partial charge < -0.3 is 0 Å². The Morgan fingerprint density at radius 3 is 1.78 bits per heavy atom. The first-order chi connectivity index (χ1) is 16.4. The maximum atomic E-state index is 13.9. The second kappa shape index (κ2) is 10.3. The van der Waals surface area contributed by atoms with E-state index in [1.807, 2.05) is 0 Å². The summed E-state index contributed by atoms with van der Waals surface area (Å²) in [4.78, 5) is 12.7. The van der Waals surface area contributed by atoms with E-state index >= 15 is 0 Å². The maximum absolute atomic E-state index is 13.9. The minimum atomic E-state index is -6.84. The molecule has 2 aromatic carbocycles. The van der Waals surface area contributed by atoms with Gasteiger partial charge in [0.1, 0.15) is 0 Å². The second-order valence-corrected chi connectivity index (χ2v) is 10.5. The van der Waals surface area contributed by atoms with Gasteiger partial charge in [0.2, 0.25) is 20.0 Å². The van der Waals surface area contributed by atoms with Crippen LogP contribution in [0.3, 0.4) is 0 Å². The summed E-state index contributed by atoms with van der Waals surface area (Å²) >= 11 is 0. The molecule has 0 bridgehead atoms. The highest BCUT2D eigenvalue weighted by molar-refractivity contribution is 7.93. The number of carbonyl (C=O) groups is 1. The van der Waals surface area contributed by atoms with E-state index in [2.05, 4.69) is 0 Å². The van der Waals surface area contributed by atoms with E-state index in [0.29, 0.717) is 0 Å². The molecule has 36 heavy (non-hydrogen) atoms. The summed E-state index contributed by atoms with van der Waals surface area (Å²) in [5.74, 6) is -16.5. The first-order valence-electron chi connectivity index (χ1n) is 9.66. The number of hydrogen-bond acceptors (Lipinski definition) is 5. The quantitative estimate of drug-likeness (QED) is 0.340. The molecule has 1 unspecified atom stereocenters. The van der Waals surface area contributed by atoms with Crippen molar-refractivity contribution in [3.05, 3.63) is 66.2 Å². The van der Waals surface area contributed by atoms with Crippen LogP contribution in [0, 0.1) is 0 Å². The average Bonchev–Trinajstić information content (AvgIpc) is 2.80. The number of rotatable bonds is 10. The van der Waals surface area contributed by atoms with Crippen LogP contribution in [0.25, 0.3) is 0 Å². The Kier molecular flexibility index (Phi) is 8.44. The van der Waals surface area contributed by atoms with Gasteiger partial charge in [-0.25, -0.2) is 16.8 Å². The van der Waals surface area contributed by atoms with E-state index in [1.165, 1.54) is 41.2 Å². The summed E-state index contributed by atoms with van der Waals surface area (Å²) in [6.07, 6.45) is -6.84. The van der Waals surface area contributed by atoms with Crippen LogP contribution in [0.15, 0.2) is 65.6 Å². The fourth-order valence-corrected chi connectivity index (χ4v) is 5.78. The molecule has 0 saturated heterocycles. The molecular formula is C19H18F7N3O5S2. The molecule has 0 fully saturated rings. The molecule has 2 N–H and O–H groups in total. The van der Waals surface area contributed by atoms with Crippen LogP contribution in [0.4, 0.5) is 30.7 Å². The number of hydrogen-bond donors (Lipinski definition) is 2. The molecule has 2 rings (SSSR count). The third kappa shape index (κ3) is 5.96. The number of hydrazine groups is 1. The fourth-order valence-electron chi connectivity index (χ4n) is 2.68. The summed E-state index contributed by atoms with van der Waals surface area (Å²) in [5, 5.41) is -3.01. The number of nitrogens with zero attached hydrogens (tertiary/aromatic N) is 1. The smallest absolute Gasteiger partial charge is 0.266 e. The lowest BCUT2D eigenvalue weighted by atomic mass is 10.1. The molecule has 17 heteroatoms. The number of alkyl halides is 7. The predicted molar refractivity (Wildman–Crippen MR) is 111 cm³/mol. The second-order valence-electron chi connectivity index (χ2n) is 7.06. The molecule has 1 atom stereocenters. The summed E-state index contributed by atoms with van der Waals surface area (Å²) in [5.41, 5.74) is -0.305. The average molecular weight is 565 g/mol. The largest absolute Gasteiger partial charge is 0.460 e. The lowest BCUT2D eigenvalue weighted by Crippen LogP contribution is -2.63. The molecule has 200 valence electrons. The van der Waals surface area contributed by atoms with Crippen molar-refractivity contribution in [2.45, 2.75) is 35.2 Å². The van der Waals surface area contributed by atoms with Crippen molar-refractivity contribution in [2.75, 3.05) is 6.54 Å². The van der Waals surface area contributed by atoms with Gasteiger partial charge in [-0.1, -0.05) is 48.5 Å². The summed E-state index contributed by atoms with van der Waals surface area (Å²) in [7, 11) is -9.92. The Balaban J connectivity index is 2.49. The van der Waals surface area contributed by atoms with Crippen LogP contribution in [0.5, 0.6) is 0 Å². The van der Waals surface area contributed by atoms with Gasteiger partial charge in [-0.3, -0.25) is 9.80 Å². The highest BCUT2D eigenvalue weighted by Gasteiger charge is 2.77. The van der Waals surface area contributed by atoms with Crippen LogP contribution in [0.1, 0.15) is 17.9 Å². The molecule has 2 aromatic rings. The van der Waals surface area contributed by atoms with E-state index in [0.717, 1.165) is 31.2 Å². The first kappa shape index (κ1) is 29.5. The van der Waals surface area contributed by atoms with E-state index < -0.39 is 65.8 Å². The number of benzene rings is 2. The van der Waals surface area contributed by atoms with E-state index in [-0.39, 0.29) is 5.56 Å². The summed E-state index contributed by atoms with van der Waals surface area (Å²) in [6.45, 7) is -0.331. The molecular weight excluding hydrogens is 547 g/mol. The van der Waals surface area contributed by atoms with Crippen molar-refractivity contribution in [3.63, 3.8) is 0 Å². The minimum Gasteiger partial charge on any atom is -0.266 e. The minimum absolute atomic E-state index is 0.305. The Bertz CT molecular complexity index is 1270.